The lowest BCUT2D eigenvalue weighted by molar-refractivity contribution is 0.463. The second-order valence-corrected chi connectivity index (χ2v) is 6.48. The van der Waals surface area contributed by atoms with Gasteiger partial charge in [-0.1, -0.05) is 23.4 Å². The van der Waals surface area contributed by atoms with Crippen LogP contribution in [0.1, 0.15) is 10.6 Å². The summed E-state index contributed by atoms with van der Waals surface area (Å²) in [4.78, 5) is 1.18. The zero-order valence-corrected chi connectivity index (χ0v) is 12.3. The lowest BCUT2D eigenvalue weighted by Crippen LogP contribution is -1.76. The molecule has 3 aromatic heterocycles. The van der Waals surface area contributed by atoms with E-state index in [1.807, 2.05) is 25.1 Å². The average Bonchev–Trinajstić information content (AvgIpc) is 3.07. The quantitative estimate of drug-likeness (QED) is 0.657. The molecule has 0 aliphatic heterocycles. The van der Waals surface area contributed by atoms with Gasteiger partial charge in [-0.3, -0.25) is 0 Å². The molecule has 3 aromatic rings. The van der Waals surface area contributed by atoms with Crippen molar-refractivity contribution in [1.29, 1.82) is 0 Å². The Morgan fingerprint density at radius 1 is 1.32 bits per heavy atom. The van der Waals surface area contributed by atoms with Gasteiger partial charge in [0.25, 0.3) is 11.1 Å². The molecule has 0 aromatic carbocycles. The Bertz CT molecular complexity index is 689. The lowest BCUT2D eigenvalue weighted by Gasteiger charge is -1.92. The van der Waals surface area contributed by atoms with E-state index in [0.29, 0.717) is 11.1 Å². The normalized spacial score (nSPS) is 11.1. The van der Waals surface area contributed by atoms with Crippen molar-refractivity contribution in [3.8, 4) is 11.5 Å². The molecule has 3 heterocycles. The highest BCUT2D eigenvalue weighted by molar-refractivity contribution is 7.98. The number of thioether (sulfide) groups is 1. The number of halogens is 1. The highest BCUT2D eigenvalue weighted by atomic mass is 35.5. The molecular formula is C12H9ClN2O2S2. The van der Waals surface area contributed by atoms with Gasteiger partial charge in [0.05, 0.1) is 16.2 Å². The molecule has 0 saturated heterocycles. The van der Waals surface area contributed by atoms with Crippen molar-refractivity contribution in [2.75, 3.05) is 0 Å². The molecule has 0 aliphatic carbocycles. The van der Waals surface area contributed by atoms with E-state index in [0.717, 1.165) is 21.4 Å². The molecule has 0 N–H and O–H groups in total. The highest BCUT2D eigenvalue weighted by Gasteiger charge is 2.13. The number of hydrogen-bond acceptors (Lipinski definition) is 6. The maximum atomic E-state index is 5.88. The molecule has 0 unspecified atom stereocenters. The number of hydrogen-bond donors (Lipinski definition) is 0. The summed E-state index contributed by atoms with van der Waals surface area (Å²) in [6.07, 6.45) is 1.61. The van der Waals surface area contributed by atoms with E-state index < -0.39 is 0 Å². The predicted octanol–water partition coefficient (Wildman–Crippen LogP) is 4.65. The van der Waals surface area contributed by atoms with Gasteiger partial charge in [-0.05, 0) is 25.1 Å². The number of rotatable bonds is 4. The molecule has 98 valence electrons. The Balaban J connectivity index is 1.70. The van der Waals surface area contributed by atoms with Crippen molar-refractivity contribution < 1.29 is 8.83 Å². The smallest absolute Gasteiger partial charge is 0.277 e. The number of furan rings is 1. The van der Waals surface area contributed by atoms with Crippen molar-refractivity contribution in [2.24, 2.45) is 0 Å². The third-order valence-electron chi connectivity index (χ3n) is 2.46. The monoisotopic (exact) mass is 312 g/mol. The summed E-state index contributed by atoms with van der Waals surface area (Å²) in [6.45, 7) is 1.86. The van der Waals surface area contributed by atoms with Gasteiger partial charge in [0.15, 0.2) is 0 Å². The third kappa shape index (κ3) is 2.86. The van der Waals surface area contributed by atoms with Crippen molar-refractivity contribution >= 4 is 34.7 Å². The van der Waals surface area contributed by atoms with Crippen molar-refractivity contribution in [2.45, 2.75) is 17.9 Å². The fraction of sp³-hybridized carbons (Fsp3) is 0.167. The van der Waals surface area contributed by atoms with Crippen LogP contribution >= 0.6 is 34.7 Å². The van der Waals surface area contributed by atoms with Gasteiger partial charge >= 0.3 is 0 Å². The summed E-state index contributed by atoms with van der Waals surface area (Å²) in [7, 11) is 0. The Labute approximate surface area is 122 Å². The first-order valence-electron chi connectivity index (χ1n) is 5.47. The number of aromatic nitrogens is 2. The minimum absolute atomic E-state index is 0.484. The first-order chi connectivity index (χ1) is 9.22. The van der Waals surface area contributed by atoms with Crippen LogP contribution in [0.4, 0.5) is 0 Å². The second kappa shape index (κ2) is 5.40. The highest BCUT2D eigenvalue weighted by Crippen LogP contribution is 2.30. The van der Waals surface area contributed by atoms with Crippen LogP contribution < -0.4 is 0 Å². The Kier molecular flexibility index (Phi) is 3.63. The topological polar surface area (TPSA) is 52.1 Å². The number of nitrogens with zero attached hydrogens (tertiary/aromatic N) is 2. The van der Waals surface area contributed by atoms with E-state index in [4.69, 9.17) is 20.4 Å². The third-order valence-corrected chi connectivity index (χ3v) is 4.74. The van der Waals surface area contributed by atoms with Gasteiger partial charge in [0.2, 0.25) is 0 Å². The molecule has 0 aliphatic rings. The molecule has 19 heavy (non-hydrogen) atoms. The summed E-state index contributed by atoms with van der Waals surface area (Å²) < 4.78 is 11.6. The van der Waals surface area contributed by atoms with Crippen molar-refractivity contribution in [3.05, 3.63) is 39.4 Å². The molecule has 0 bridgehead atoms. The van der Waals surface area contributed by atoms with Crippen molar-refractivity contribution in [3.63, 3.8) is 0 Å². The van der Waals surface area contributed by atoms with Crippen LogP contribution in [0.5, 0.6) is 0 Å². The van der Waals surface area contributed by atoms with E-state index in [-0.39, 0.29) is 0 Å². The molecule has 0 amide bonds. The molecule has 7 heteroatoms. The Morgan fingerprint density at radius 2 is 2.21 bits per heavy atom. The van der Waals surface area contributed by atoms with Gasteiger partial charge in [0.1, 0.15) is 5.76 Å². The van der Waals surface area contributed by atoms with Crippen LogP contribution in [-0.2, 0) is 5.75 Å². The fourth-order valence-corrected chi connectivity index (χ4v) is 3.44. The van der Waals surface area contributed by atoms with Crippen LogP contribution in [0.2, 0.25) is 4.34 Å². The van der Waals surface area contributed by atoms with Crippen LogP contribution in [0.3, 0.4) is 0 Å². The van der Waals surface area contributed by atoms with E-state index in [1.54, 1.807) is 17.6 Å². The van der Waals surface area contributed by atoms with E-state index >= 15 is 0 Å². The number of aryl methyl sites for hydroxylation is 1. The molecule has 0 atom stereocenters. The first-order valence-corrected chi connectivity index (χ1v) is 7.65. The minimum atomic E-state index is 0.484. The van der Waals surface area contributed by atoms with Crippen LogP contribution in [0.25, 0.3) is 11.5 Å². The first kappa shape index (κ1) is 12.8. The summed E-state index contributed by atoms with van der Waals surface area (Å²) in [5.41, 5.74) is 0.832. The molecule has 3 rings (SSSR count). The Morgan fingerprint density at radius 3 is 2.89 bits per heavy atom. The molecule has 0 spiro atoms. The lowest BCUT2D eigenvalue weighted by atomic mass is 10.3. The molecule has 0 fully saturated rings. The molecule has 0 saturated carbocycles. The fourth-order valence-electron chi connectivity index (χ4n) is 1.55. The largest absolute Gasteiger partial charge is 0.469 e. The molecular weight excluding hydrogens is 304 g/mol. The SMILES string of the molecule is Cc1occc1-c1nnc(SCc2ccc(Cl)s2)o1. The van der Waals surface area contributed by atoms with Gasteiger partial charge in [-0.25, -0.2) is 0 Å². The van der Waals surface area contributed by atoms with Crippen LogP contribution in [-0.4, -0.2) is 10.2 Å². The zero-order valence-electron chi connectivity index (χ0n) is 9.92. The summed E-state index contributed by atoms with van der Waals surface area (Å²) in [5.74, 6) is 2.02. The average molecular weight is 313 g/mol. The van der Waals surface area contributed by atoms with Gasteiger partial charge < -0.3 is 8.83 Å². The van der Waals surface area contributed by atoms with Crippen LogP contribution in [0.15, 0.2) is 38.5 Å². The van der Waals surface area contributed by atoms with E-state index in [2.05, 4.69) is 10.2 Å². The summed E-state index contributed by atoms with van der Waals surface area (Å²) in [6, 6.07) is 5.70. The van der Waals surface area contributed by atoms with Gasteiger partial charge in [-0.2, -0.15) is 0 Å². The van der Waals surface area contributed by atoms with E-state index in [9.17, 15) is 0 Å². The zero-order chi connectivity index (χ0) is 13.2. The van der Waals surface area contributed by atoms with Gasteiger partial charge in [-0.15, -0.1) is 21.5 Å². The molecule has 0 radical (unpaired) electrons. The minimum Gasteiger partial charge on any atom is -0.469 e. The maximum Gasteiger partial charge on any atom is 0.277 e. The summed E-state index contributed by atoms with van der Waals surface area (Å²) >= 11 is 8.92. The standard InChI is InChI=1S/C12H9ClN2O2S2/c1-7-9(4-5-16-7)11-14-15-12(17-11)18-6-8-2-3-10(13)19-8/h2-5H,6H2,1H3. The van der Waals surface area contributed by atoms with Crippen LogP contribution in [0, 0.1) is 6.92 Å². The number of thiophene rings is 1. The maximum absolute atomic E-state index is 5.88. The van der Waals surface area contributed by atoms with Gasteiger partial charge in [0, 0.05) is 10.6 Å². The predicted molar refractivity (Wildman–Crippen MR) is 75.6 cm³/mol. The molecule has 4 nitrogen and oxygen atoms in total. The second-order valence-electron chi connectivity index (χ2n) is 3.76. The summed E-state index contributed by atoms with van der Waals surface area (Å²) in [5, 5.41) is 8.57. The Hall–Kier alpha value is -1.24. The van der Waals surface area contributed by atoms with Crippen molar-refractivity contribution in [1.82, 2.24) is 10.2 Å². The van der Waals surface area contributed by atoms with E-state index in [1.165, 1.54) is 16.6 Å².